The number of hydrogen-bond acceptors (Lipinski definition) is 4. The number of rotatable bonds is 6. The number of hydrogen-bond donors (Lipinski definition) is 1. The lowest BCUT2D eigenvalue weighted by Gasteiger charge is -2.29. The van der Waals surface area contributed by atoms with E-state index in [1.807, 2.05) is 26.0 Å². The molecule has 0 saturated heterocycles. The number of nitrogens with zero attached hydrogens (tertiary/aromatic N) is 1. The van der Waals surface area contributed by atoms with Gasteiger partial charge in [0.2, 0.25) is 15.9 Å². The van der Waals surface area contributed by atoms with E-state index in [0.717, 1.165) is 21.7 Å². The van der Waals surface area contributed by atoms with Gasteiger partial charge in [-0.25, -0.2) is 8.42 Å². The minimum Gasteiger partial charge on any atom is -0.495 e. The fraction of sp³-hybridized carbons (Fsp3) is 0.316. The van der Waals surface area contributed by atoms with E-state index >= 15 is 0 Å². The Kier molecular flexibility index (Phi) is 6.38. The normalized spacial score (nSPS) is 12.4. The summed E-state index contributed by atoms with van der Waals surface area (Å²) in [6.45, 7) is 5.35. The average molecular weight is 411 g/mol. The first kappa shape index (κ1) is 21.1. The maximum atomic E-state index is 12.8. The molecule has 0 aromatic heterocycles. The van der Waals surface area contributed by atoms with Crippen molar-refractivity contribution in [1.29, 1.82) is 0 Å². The molecule has 0 bridgehead atoms. The van der Waals surface area contributed by atoms with Crippen LogP contribution in [0.25, 0.3) is 0 Å². The third kappa shape index (κ3) is 4.73. The van der Waals surface area contributed by atoms with Crippen LogP contribution in [0.5, 0.6) is 5.75 Å². The van der Waals surface area contributed by atoms with Crippen LogP contribution in [-0.2, 0) is 14.8 Å². The Labute approximate surface area is 165 Å². The minimum atomic E-state index is -3.79. The van der Waals surface area contributed by atoms with Gasteiger partial charge in [-0.2, -0.15) is 0 Å². The average Bonchev–Trinajstić information content (AvgIpc) is 2.58. The highest BCUT2D eigenvalue weighted by Crippen LogP contribution is 2.34. The van der Waals surface area contributed by atoms with Gasteiger partial charge in [0.25, 0.3) is 0 Å². The van der Waals surface area contributed by atoms with E-state index in [1.165, 1.54) is 20.1 Å². The SMILES string of the molecule is COc1ccc(Cl)cc1N([C@@H](C)C(=O)Nc1cccc(C)c1C)S(C)(=O)=O. The van der Waals surface area contributed by atoms with Crippen molar-refractivity contribution >= 4 is 38.9 Å². The summed E-state index contributed by atoms with van der Waals surface area (Å²) < 4.78 is 31.2. The van der Waals surface area contributed by atoms with E-state index in [0.29, 0.717) is 16.5 Å². The molecule has 2 rings (SSSR count). The van der Waals surface area contributed by atoms with Crippen molar-refractivity contribution in [3.8, 4) is 5.75 Å². The summed E-state index contributed by atoms with van der Waals surface area (Å²) >= 11 is 6.04. The van der Waals surface area contributed by atoms with Crippen LogP contribution in [0.4, 0.5) is 11.4 Å². The van der Waals surface area contributed by atoms with E-state index in [2.05, 4.69) is 5.32 Å². The number of anilines is 2. The van der Waals surface area contributed by atoms with Gasteiger partial charge in [-0.3, -0.25) is 9.10 Å². The summed E-state index contributed by atoms with van der Waals surface area (Å²) in [5.74, 6) is -0.160. The van der Waals surface area contributed by atoms with E-state index in [4.69, 9.17) is 16.3 Å². The minimum absolute atomic E-state index is 0.205. The van der Waals surface area contributed by atoms with Gasteiger partial charge < -0.3 is 10.1 Å². The number of carbonyl (C=O) groups is 1. The zero-order valence-corrected chi connectivity index (χ0v) is 17.5. The molecule has 1 amide bonds. The molecular formula is C19H23ClN2O4S. The highest BCUT2D eigenvalue weighted by atomic mass is 35.5. The first-order valence-electron chi connectivity index (χ1n) is 8.26. The van der Waals surface area contributed by atoms with Crippen molar-refractivity contribution in [1.82, 2.24) is 0 Å². The maximum Gasteiger partial charge on any atom is 0.248 e. The third-order valence-electron chi connectivity index (χ3n) is 4.33. The van der Waals surface area contributed by atoms with E-state index in [1.54, 1.807) is 18.2 Å². The number of amides is 1. The first-order chi connectivity index (χ1) is 12.6. The standard InChI is InChI=1S/C19H23ClN2O4S/c1-12-7-6-8-16(13(12)2)21-19(23)14(3)22(27(5,24)25)17-11-15(20)9-10-18(17)26-4/h6-11,14H,1-5H3,(H,21,23)/t14-/m0/s1. The Morgan fingerprint density at radius 3 is 2.48 bits per heavy atom. The van der Waals surface area contributed by atoms with Crippen LogP contribution in [0.1, 0.15) is 18.1 Å². The zero-order chi connectivity index (χ0) is 20.4. The molecule has 6 nitrogen and oxygen atoms in total. The summed E-state index contributed by atoms with van der Waals surface area (Å²) in [6.07, 6.45) is 1.04. The Balaban J connectivity index is 2.44. The van der Waals surface area contributed by atoms with Crippen LogP contribution >= 0.6 is 11.6 Å². The van der Waals surface area contributed by atoms with Gasteiger partial charge in [-0.05, 0) is 56.2 Å². The Hall–Kier alpha value is -2.25. The van der Waals surface area contributed by atoms with Crippen LogP contribution in [0.2, 0.25) is 5.02 Å². The zero-order valence-electron chi connectivity index (χ0n) is 15.9. The molecule has 0 radical (unpaired) electrons. The van der Waals surface area contributed by atoms with Crippen molar-refractivity contribution in [3.05, 3.63) is 52.5 Å². The number of methoxy groups -OCH3 is 1. The predicted octanol–water partition coefficient (Wildman–Crippen LogP) is 3.76. The van der Waals surface area contributed by atoms with E-state index in [-0.39, 0.29) is 5.69 Å². The van der Waals surface area contributed by atoms with Crippen LogP contribution in [0.15, 0.2) is 36.4 Å². The second kappa shape index (κ2) is 8.19. The summed E-state index contributed by atoms with van der Waals surface area (Å²) in [5.41, 5.74) is 2.79. The van der Waals surface area contributed by atoms with E-state index in [9.17, 15) is 13.2 Å². The molecule has 2 aromatic carbocycles. The quantitative estimate of drug-likeness (QED) is 0.786. The predicted molar refractivity (Wildman–Crippen MR) is 109 cm³/mol. The molecular weight excluding hydrogens is 388 g/mol. The molecule has 0 aliphatic carbocycles. The number of ether oxygens (including phenoxy) is 1. The molecule has 0 aliphatic rings. The van der Waals surface area contributed by atoms with Gasteiger partial charge >= 0.3 is 0 Å². The van der Waals surface area contributed by atoms with Gasteiger partial charge in [-0.1, -0.05) is 23.7 Å². The van der Waals surface area contributed by atoms with Crippen molar-refractivity contribution in [2.24, 2.45) is 0 Å². The topological polar surface area (TPSA) is 75.7 Å². The summed E-state index contributed by atoms with van der Waals surface area (Å²) in [7, 11) is -2.36. The maximum absolute atomic E-state index is 12.8. The van der Waals surface area contributed by atoms with Crippen molar-refractivity contribution < 1.29 is 17.9 Å². The number of halogens is 1. The highest BCUT2D eigenvalue weighted by Gasteiger charge is 2.31. The van der Waals surface area contributed by atoms with E-state index < -0.39 is 22.0 Å². The lowest BCUT2D eigenvalue weighted by molar-refractivity contribution is -0.116. The number of benzene rings is 2. The number of aryl methyl sites for hydroxylation is 1. The molecule has 0 aliphatic heterocycles. The van der Waals surface area contributed by atoms with Crippen molar-refractivity contribution in [3.63, 3.8) is 0 Å². The van der Waals surface area contributed by atoms with Gasteiger partial charge in [0.05, 0.1) is 19.1 Å². The molecule has 1 N–H and O–H groups in total. The fourth-order valence-electron chi connectivity index (χ4n) is 2.74. The van der Waals surface area contributed by atoms with Crippen LogP contribution < -0.4 is 14.4 Å². The lowest BCUT2D eigenvalue weighted by Crippen LogP contribution is -2.45. The summed E-state index contributed by atoms with van der Waals surface area (Å²) in [4.78, 5) is 12.8. The molecule has 146 valence electrons. The summed E-state index contributed by atoms with van der Waals surface area (Å²) in [5, 5.41) is 3.14. The first-order valence-corrected chi connectivity index (χ1v) is 10.5. The van der Waals surface area contributed by atoms with Gasteiger partial charge in [0, 0.05) is 10.7 Å². The van der Waals surface area contributed by atoms with Crippen molar-refractivity contribution in [2.75, 3.05) is 23.0 Å². The molecule has 0 spiro atoms. The third-order valence-corrected chi connectivity index (χ3v) is 5.79. The highest BCUT2D eigenvalue weighted by molar-refractivity contribution is 7.92. The smallest absolute Gasteiger partial charge is 0.248 e. The molecule has 0 heterocycles. The van der Waals surface area contributed by atoms with Crippen LogP contribution in [-0.4, -0.2) is 33.7 Å². The monoisotopic (exact) mass is 410 g/mol. The number of sulfonamides is 1. The van der Waals surface area contributed by atoms with Gasteiger partial charge in [0.1, 0.15) is 11.8 Å². The Bertz CT molecular complexity index is 960. The second-order valence-electron chi connectivity index (χ2n) is 6.29. The summed E-state index contributed by atoms with van der Waals surface area (Å²) in [6, 6.07) is 9.13. The van der Waals surface area contributed by atoms with Crippen molar-refractivity contribution in [2.45, 2.75) is 26.8 Å². The number of carbonyl (C=O) groups excluding carboxylic acids is 1. The fourth-order valence-corrected chi connectivity index (χ4v) is 4.08. The second-order valence-corrected chi connectivity index (χ2v) is 8.58. The molecule has 0 fully saturated rings. The lowest BCUT2D eigenvalue weighted by atomic mass is 10.1. The molecule has 1 atom stereocenters. The van der Waals surface area contributed by atoms with Crippen LogP contribution in [0.3, 0.4) is 0 Å². The molecule has 27 heavy (non-hydrogen) atoms. The Morgan fingerprint density at radius 2 is 1.89 bits per heavy atom. The molecule has 0 unspecified atom stereocenters. The number of nitrogens with one attached hydrogen (secondary N) is 1. The molecule has 0 saturated carbocycles. The van der Waals surface area contributed by atoms with Gasteiger partial charge in [0.15, 0.2) is 0 Å². The molecule has 8 heteroatoms. The van der Waals surface area contributed by atoms with Crippen LogP contribution in [0, 0.1) is 13.8 Å². The molecule has 2 aromatic rings. The van der Waals surface area contributed by atoms with Gasteiger partial charge in [-0.15, -0.1) is 0 Å². The largest absolute Gasteiger partial charge is 0.495 e. The Morgan fingerprint density at radius 1 is 1.22 bits per heavy atom.